The minimum absolute atomic E-state index is 0.830. The zero-order chi connectivity index (χ0) is 6.53. The van der Waals surface area contributed by atoms with Crippen LogP contribution in [0.1, 0.15) is 39.0 Å². The van der Waals surface area contributed by atoms with Crippen molar-refractivity contribution in [3.05, 3.63) is 12.2 Å². The Morgan fingerprint density at radius 3 is 2.78 bits per heavy atom. The van der Waals surface area contributed by atoms with Gasteiger partial charge >= 0.3 is 0 Å². The van der Waals surface area contributed by atoms with Gasteiger partial charge in [-0.25, -0.2) is 0 Å². The predicted molar refractivity (Wildman–Crippen MR) is 40.1 cm³/mol. The third kappa shape index (κ3) is 2.21. The molecule has 0 atom stereocenters. The first-order valence-electron chi connectivity index (χ1n) is 4.01. The molecule has 1 saturated carbocycles. The van der Waals surface area contributed by atoms with Gasteiger partial charge in [0.1, 0.15) is 0 Å². The van der Waals surface area contributed by atoms with E-state index in [4.69, 9.17) is 0 Å². The summed E-state index contributed by atoms with van der Waals surface area (Å²) >= 11 is 0. The van der Waals surface area contributed by atoms with Gasteiger partial charge in [0.25, 0.3) is 0 Å². The summed E-state index contributed by atoms with van der Waals surface area (Å²) in [7, 11) is 0. The van der Waals surface area contributed by atoms with Crippen LogP contribution in [0.25, 0.3) is 0 Å². The van der Waals surface area contributed by atoms with E-state index >= 15 is 0 Å². The number of hydrogen-bond acceptors (Lipinski definition) is 0. The lowest BCUT2D eigenvalue weighted by Gasteiger charge is -2.20. The molecule has 1 fully saturated rings. The summed E-state index contributed by atoms with van der Waals surface area (Å²) < 4.78 is 0. The van der Waals surface area contributed by atoms with Gasteiger partial charge in [-0.2, -0.15) is 0 Å². The van der Waals surface area contributed by atoms with E-state index in [1.165, 1.54) is 32.1 Å². The van der Waals surface area contributed by atoms with E-state index in [0.29, 0.717) is 0 Å². The predicted octanol–water partition coefficient (Wildman–Crippen LogP) is 2.95. The molecule has 1 rings (SSSR count). The van der Waals surface area contributed by atoms with Gasteiger partial charge in [0.15, 0.2) is 0 Å². The molecule has 1 aliphatic carbocycles. The van der Waals surface area contributed by atoms with Gasteiger partial charge in [0.05, 0.1) is 0 Å². The van der Waals surface area contributed by atoms with Crippen molar-refractivity contribution >= 4 is 0 Å². The van der Waals surface area contributed by atoms with Crippen molar-refractivity contribution in [2.24, 2.45) is 5.92 Å². The van der Waals surface area contributed by atoms with Crippen molar-refractivity contribution in [3.63, 3.8) is 0 Å². The molecule has 9 heavy (non-hydrogen) atoms. The second-order valence-corrected chi connectivity index (χ2v) is 2.79. The highest BCUT2D eigenvalue weighted by Gasteiger charge is 2.13. The van der Waals surface area contributed by atoms with Gasteiger partial charge in [-0.1, -0.05) is 25.8 Å². The number of allylic oxidation sites excluding steroid dienone is 2. The smallest absolute Gasteiger partial charge is 0.0162 e. The molecule has 0 bridgehead atoms. The molecule has 0 aromatic carbocycles. The molecule has 0 aliphatic heterocycles. The largest absolute Gasteiger partial charge is 0.0808 e. The first-order valence-corrected chi connectivity index (χ1v) is 4.01. The van der Waals surface area contributed by atoms with E-state index in [-0.39, 0.29) is 0 Å². The average molecular weight is 123 g/mol. The van der Waals surface area contributed by atoms with Crippen LogP contribution in [0.3, 0.4) is 0 Å². The Kier molecular flexibility index (Phi) is 2.82. The minimum Gasteiger partial charge on any atom is -0.0808 e. The molecule has 0 aromatic rings. The van der Waals surface area contributed by atoms with E-state index in [1.54, 1.807) is 0 Å². The van der Waals surface area contributed by atoms with Crippen LogP contribution >= 0.6 is 0 Å². The Labute approximate surface area is 58.0 Å². The molecule has 0 spiro atoms. The fraction of sp³-hybridized carbons (Fsp3) is 0.778. The van der Waals surface area contributed by atoms with Crippen molar-refractivity contribution < 1.29 is 0 Å². The first-order chi connectivity index (χ1) is 4.43. The van der Waals surface area contributed by atoms with Crippen LogP contribution in [0, 0.1) is 12.0 Å². The second kappa shape index (κ2) is 3.71. The van der Waals surface area contributed by atoms with Crippen molar-refractivity contribution in [3.8, 4) is 0 Å². The van der Waals surface area contributed by atoms with E-state index in [0.717, 1.165) is 5.92 Å². The van der Waals surface area contributed by atoms with Crippen LogP contribution in [0.15, 0.2) is 6.08 Å². The lowest BCUT2D eigenvalue weighted by Crippen LogP contribution is -2.07. The molecule has 0 heterocycles. The molecular weight excluding hydrogens is 108 g/mol. The topological polar surface area (TPSA) is 0 Å². The van der Waals surface area contributed by atoms with Crippen LogP contribution in [0.5, 0.6) is 0 Å². The maximum atomic E-state index is 3.40. The van der Waals surface area contributed by atoms with E-state index < -0.39 is 0 Å². The number of rotatable bonds is 3. The van der Waals surface area contributed by atoms with Crippen molar-refractivity contribution in [1.82, 2.24) is 0 Å². The van der Waals surface area contributed by atoms with Gasteiger partial charge in [-0.05, 0) is 31.3 Å². The third-order valence-corrected chi connectivity index (χ3v) is 1.89. The highest BCUT2D eigenvalue weighted by molar-refractivity contribution is 4.84. The number of hydrogen-bond donors (Lipinski definition) is 0. The van der Waals surface area contributed by atoms with Crippen molar-refractivity contribution in [2.45, 2.75) is 39.0 Å². The fourth-order valence-electron chi connectivity index (χ4n) is 0.969. The van der Waals surface area contributed by atoms with Gasteiger partial charge < -0.3 is 0 Å². The summed E-state index contributed by atoms with van der Waals surface area (Å²) in [4.78, 5) is 0. The van der Waals surface area contributed by atoms with Crippen LogP contribution in [-0.2, 0) is 0 Å². The standard InChI is InChI=1S/C9H15/c1-2-3-4-6-9-7-5-8-9/h4,9H,2-3,5,7-8H2,1H3. The van der Waals surface area contributed by atoms with Gasteiger partial charge in [0.2, 0.25) is 0 Å². The molecular formula is C9H15. The summed E-state index contributed by atoms with van der Waals surface area (Å²) in [5.74, 6) is 0.830. The normalized spacial score (nSPS) is 20.6. The lowest BCUT2D eigenvalue weighted by atomic mass is 9.85. The van der Waals surface area contributed by atoms with Gasteiger partial charge in [-0.15, -0.1) is 0 Å². The monoisotopic (exact) mass is 123 g/mol. The summed E-state index contributed by atoms with van der Waals surface area (Å²) in [6.45, 7) is 2.21. The van der Waals surface area contributed by atoms with Crippen molar-refractivity contribution in [2.75, 3.05) is 0 Å². The quantitative estimate of drug-likeness (QED) is 0.541. The fourth-order valence-corrected chi connectivity index (χ4v) is 0.969. The molecule has 1 radical (unpaired) electrons. The third-order valence-electron chi connectivity index (χ3n) is 1.89. The first kappa shape index (κ1) is 6.85. The summed E-state index contributed by atoms with van der Waals surface area (Å²) in [6, 6.07) is 0. The second-order valence-electron chi connectivity index (χ2n) is 2.79. The zero-order valence-electron chi connectivity index (χ0n) is 6.19. The Bertz CT molecular complexity index is 88.2. The number of unbranched alkanes of at least 4 members (excludes halogenated alkanes) is 1. The highest BCUT2D eigenvalue weighted by atomic mass is 14.2. The van der Waals surface area contributed by atoms with Crippen LogP contribution in [0.2, 0.25) is 0 Å². The average Bonchev–Trinajstić information content (AvgIpc) is 1.76. The van der Waals surface area contributed by atoms with Gasteiger partial charge in [-0.3, -0.25) is 0 Å². The minimum atomic E-state index is 0.830. The Hall–Kier alpha value is -0.260. The summed E-state index contributed by atoms with van der Waals surface area (Å²) in [5.41, 5.74) is 0. The summed E-state index contributed by atoms with van der Waals surface area (Å²) in [5, 5.41) is 0. The van der Waals surface area contributed by atoms with E-state index in [9.17, 15) is 0 Å². The van der Waals surface area contributed by atoms with E-state index in [1.807, 2.05) is 0 Å². The van der Waals surface area contributed by atoms with Gasteiger partial charge in [0, 0.05) is 0 Å². The highest BCUT2D eigenvalue weighted by Crippen LogP contribution is 2.26. The van der Waals surface area contributed by atoms with Crippen LogP contribution < -0.4 is 0 Å². The van der Waals surface area contributed by atoms with E-state index in [2.05, 4.69) is 19.1 Å². The summed E-state index contributed by atoms with van der Waals surface area (Å²) in [6.07, 6.45) is 12.3. The maximum Gasteiger partial charge on any atom is -0.0162 e. The molecule has 0 nitrogen and oxygen atoms in total. The zero-order valence-corrected chi connectivity index (χ0v) is 6.19. The molecule has 51 valence electrons. The molecule has 0 aromatic heterocycles. The SMILES string of the molecule is CCC/C=[C]\C1CCC1. The molecule has 0 saturated heterocycles. The molecule has 0 amide bonds. The van der Waals surface area contributed by atoms with Crippen LogP contribution in [-0.4, -0.2) is 0 Å². The Morgan fingerprint density at radius 1 is 1.56 bits per heavy atom. The molecule has 0 N–H and O–H groups in total. The Balaban J connectivity index is 2.00. The Morgan fingerprint density at radius 2 is 2.33 bits per heavy atom. The van der Waals surface area contributed by atoms with Crippen LogP contribution in [0.4, 0.5) is 0 Å². The maximum absolute atomic E-state index is 3.40. The lowest BCUT2D eigenvalue weighted by molar-refractivity contribution is 0.376. The molecule has 0 heteroatoms. The molecule has 0 unspecified atom stereocenters. The molecule has 1 aliphatic rings. The van der Waals surface area contributed by atoms with Crippen molar-refractivity contribution in [1.29, 1.82) is 0 Å².